The maximum atomic E-state index is 12.6. The van der Waals surface area contributed by atoms with Crippen LogP contribution in [0.5, 0.6) is 0 Å². The Kier molecular flexibility index (Phi) is 5.41. The highest BCUT2D eigenvalue weighted by Crippen LogP contribution is 2.33. The fraction of sp³-hybridized carbons (Fsp3) is 0.200. The van der Waals surface area contributed by atoms with Gasteiger partial charge < -0.3 is 0 Å². The van der Waals surface area contributed by atoms with Gasteiger partial charge in [-0.25, -0.2) is 0 Å². The molecule has 1 fully saturated rings. The van der Waals surface area contributed by atoms with Gasteiger partial charge in [-0.05, 0) is 40.4 Å². The molecule has 0 aromatic heterocycles. The maximum Gasteiger partial charge on any atom is 0.293 e. The number of non-ortho nitro benzene ring substituents is 1. The van der Waals surface area contributed by atoms with E-state index in [-0.39, 0.29) is 23.4 Å². The first-order valence-corrected chi connectivity index (χ1v) is 9.25. The second-order valence-corrected chi connectivity index (χ2v) is 7.51. The van der Waals surface area contributed by atoms with Crippen molar-refractivity contribution in [2.45, 2.75) is 26.3 Å². The van der Waals surface area contributed by atoms with Crippen molar-refractivity contribution in [3.8, 4) is 0 Å². The van der Waals surface area contributed by atoms with Crippen LogP contribution < -0.4 is 0 Å². The summed E-state index contributed by atoms with van der Waals surface area (Å²) in [6.45, 7) is 4.22. The van der Waals surface area contributed by atoms with Crippen molar-refractivity contribution >= 4 is 34.7 Å². The number of nitro groups is 1. The first-order valence-electron chi connectivity index (χ1n) is 8.44. The van der Waals surface area contributed by atoms with E-state index in [4.69, 9.17) is 0 Å². The predicted octanol–water partition coefficient (Wildman–Crippen LogP) is 4.95. The minimum atomic E-state index is -0.502. The minimum absolute atomic E-state index is 0.00989. The number of hydrogen-bond acceptors (Lipinski definition) is 5. The van der Waals surface area contributed by atoms with Gasteiger partial charge in [0.15, 0.2) is 0 Å². The van der Waals surface area contributed by atoms with Crippen molar-refractivity contribution in [1.29, 1.82) is 0 Å². The fourth-order valence-corrected chi connectivity index (χ4v) is 3.55. The zero-order valence-corrected chi connectivity index (χ0v) is 15.7. The van der Waals surface area contributed by atoms with Gasteiger partial charge in [0, 0.05) is 12.1 Å². The third-order valence-electron chi connectivity index (χ3n) is 4.24. The number of carbonyl (C=O) groups is 2. The molecular weight excluding hydrogens is 364 g/mol. The molecule has 138 valence electrons. The lowest BCUT2D eigenvalue weighted by molar-refractivity contribution is -0.384. The van der Waals surface area contributed by atoms with Crippen LogP contribution in [0.2, 0.25) is 0 Å². The summed E-state index contributed by atoms with van der Waals surface area (Å²) in [5.74, 6) is 0.0330. The van der Waals surface area contributed by atoms with Crippen LogP contribution in [0.25, 0.3) is 6.08 Å². The van der Waals surface area contributed by atoms with Crippen LogP contribution in [0.4, 0.5) is 10.5 Å². The Morgan fingerprint density at radius 3 is 2.48 bits per heavy atom. The number of carbonyl (C=O) groups excluding carboxylic acids is 2. The third-order valence-corrected chi connectivity index (χ3v) is 5.14. The summed E-state index contributed by atoms with van der Waals surface area (Å²) in [6.07, 6.45) is 1.70. The quantitative estimate of drug-likeness (QED) is 0.415. The monoisotopic (exact) mass is 382 g/mol. The van der Waals surface area contributed by atoms with Crippen molar-refractivity contribution in [2.75, 3.05) is 0 Å². The van der Waals surface area contributed by atoms with E-state index < -0.39 is 4.92 Å². The summed E-state index contributed by atoms with van der Waals surface area (Å²) >= 11 is 0.882. The summed E-state index contributed by atoms with van der Waals surface area (Å²) in [5, 5.41) is 10.5. The van der Waals surface area contributed by atoms with Gasteiger partial charge in [0.05, 0.1) is 16.4 Å². The highest BCUT2D eigenvalue weighted by Gasteiger charge is 2.35. The molecule has 1 aliphatic rings. The first-order chi connectivity index (χ1) is 12.8. The van der Waals surface area contributed by atoms with Crippen molar-refractivity contribution in [2.24, 2.45) is 0 Å². The van der Waals surface area contributed by atoms with E-state index in [0.29, 0.717) is 16.4 Å². The molecule has 0 spiro atoms. The zero-order valence-electron chi connectivity index (χ0n) is 14.9. The van der Waals surface area contributed by atoms with Gasteiger partial charge in [-0.15, -0.1) is 0 Å². The molecule has 3 rings (SSSR count). The van der Waals surface area contributed by atoms with Crippen molar-refractivity contribution in [3.05, 3.63) is 80.2 Å². The molecule has 0 bridgehead atoms. The van der Waals surface area contributed by atoms with E-state index in [9.17, 15) is 19.7 Å². The number of benzene rings is 2. The zero-order chi connectivity index (χ0) is 19.6. The van der Waals surface area contributed by atoms with Crippen LogP contribution >= 0.6 is 11.8 Å². The van der Waals surface area contributed by atoms with Crippen LogP contribution in [-0.2, 0) is 11.3 Å². The van der Waals surface area contributed by atoms with E-state index in [1.807, 2.05) is 24.3 Å². The van der Waals surface area contributed by atoms with Crippen molar-refractivity contribution < 1.29 is 14.5 Å². The Balaban J connectivity index is 1.78. The number of thioether (sulfide) groups is 1. The summed E-state index contributed by atoms with van der Waals surface area (Å²) in [5.41, 5.74) is 2.51. The second-order valence-electron chi connectivity index (χ2n) is 6.52. The van der Waals surface area contributed by atoms with Crippen LogP contribution in [-0.4, -0.2) is 21.0 Å². The molecule has 0 atom stereocenters. The lowest BCUT2D eigenvalue weighted by atomic mass is 10.0. The average molecular weight is 382 g/mol. The number of hydrogen-bond donors (Lipinski definition) is 0. The lowest BCUT2D eigenvalue weighted by Gasteiger charge is -2.12. The Morgan fingerprint density at radius 2 is 1.85 bits per heavy atom. The second kappa shape index (κ2) is 7.75. The highest BCUT2D eigenvalue weighted by atomic mass is 32.2. The summed E-state index contributed by atoms with van der Waals surface area (Å²) < 4.78 is 0. The molecule has 0 N–H and O–H groups in total. The van der Waals surface area contributed by atoms with Crippen molar-refractivity contribution in [1.82, 2.24) is 4.90 Å². The Bertz CT molecular complexity index is 935. The molecule has 2 amide bonds. The summed E-state index contributed by atoms with van der Waals surface area (Å²) in [4.78, 5) is 36.7. The molecule has 1 aliphatic heterocycles. The molecular formula is C20H18N2O4S. The molecule has 1 heterocycles. The number of imide groups is 1. The number of nitrogens with zero attached hydrogens (tertiary/aromatic N) is 2. The van der Waals surface area contributed by atoms with Gasteiger partial charge in [-0.1, -0.05) is 50.2 Å². The van der Waals surface area contributed by atoms with Gasteiger partial charge in [-0.3, -0.25) is 24.6 Å². The molecule has 0 aliphatic carbocycles. The molecule has 7 heteroatoms. The SMILES string of the molecule is CC(C)c1ccc(/C=C2\SC(=O)N(Cc3cccc([N+](=O)[O-])c3)C2=O)cc1. The molecule has 0 radical (unpaired) electrons. The third kappa shape index (κ3) is 4.25. The molecule has 27 heavy (non-hydrogen) atoms. The largest absolute Gasteiger partial charge is 0.293 e. The predicted molar refractivity (Wildman–Crippen MR) is 105 cm³/mol. The van der Waals surface area contributed by atoms with Crippen molar-refractivity contribution in [3.63, 3.8) is 0 Å². The molecule has 1 saturated heterocycles. The first kappa shape index (κ1) is 18.8. The molecule has 2 aromatic rings. The molecule has 0 saturated carbocycles. The summed E-state index contributed by atoms with van der Waals surface area (Å²) in [7, 11) is 0. The van der Waals surface area contributed by atoms with Gasteiger partial charge in [0.2, 0.25) is 0 Å². The minimum Gasteiger partial charge on any atom is -0.268 e. The smallest absolute Gasteiger partial charge is 0.268 e. The van der Waals surface area contributed by atoms with E-state index in [1.165, 1.54) is 17.7 Å². The molecule has 2 aromatic carbocycles. The van der Waals surface area contributed by atoms with E-state index in [0.717, 1.165) is 22.2 Å². The van der Waals surface area contributed by atoms with E-state index in [2.05, 4.69) is 13.8 Å². The summed E-state index contributed by atoms with van der Waals surface area (Å²) in [6, 6.07) is 13.8. The highest BCUT2D eigenvalue weighted by molar-refractivity contribution is 8.18. The van der Waals surface area contributed by atoms with Gasteiger partial charge >= 0.3 is 0 Å². The average Bonchev–Trinajstić information content (AvgIpc) is 2.90. The van der Waals surface area contributed by atoms with Crippen LogP contribution in [0.3, 0.4) is 0 Å². The van der Waals surface area contributed by atoms with E-state index in [1.54, 1.807) is 18.2 Å². The normalized spacial score (nSPS) is 15.8. The Labute approximate surface area is 161 Å². The van der Waals surface area contributed by atoms with Crippen LogP contribution in [0.1, 0.15) is 36.5 Å². The standard InChI is InChI=1S/C20H18N2O4S/c1-13(2)16-8-6-14(7-9-16)11-18-19(23)21(20(24)27-18)12-15-4-3-5-17(10-15)22(25)26/h3-11,13H,12H2,1-2H3/b18-11-. The number of nitro benzene ring substituents is 1. The topological polar surface area (TPSA) is 80.5 Å². The van der Waals surface area contributed by atoms with Crippen LogP contribution in [0.15, 0.2) is 53.4 Å². The molecule has 6 nitrogen and oxygen atoms in total. The lowest BCUT2D eigenvalue weighted by Crippen LogP contribution is -2.27. The fourth-order valence-electron chi connectivity index (χ4n) is 2.72. The Hall–Kier alpha value is -2.93. The van der Waals surface area contributed by atoms with Gasteiger partial charge in [0.1, 0.15) is 0 Å². The molecule has 0 unspecified atom stereocenters. The van der Waals surface area contributed by atoms with Crippen LogP contribution in [0, 0.1) is 10.1 Å². The maximum absolute atomic E-state index is 12.6. The van der Waals surface area contributed by atoms with Gasteiger partial charge in [-0.2, -0.15) is 0 Å². The van der Waals surface area contributed by atoms with E-state index >= 15 is 0 Å². The van der Waals surface area contributed by atoms with Gasteiger partial charge in [0.25, 0.3) is 16.8 Å². The number of amides is 2. The number of rotatable bonds is 5. The Morgan fingerprint density at radius 1 is 1.15 bits per heavy atom.